The van der Waals surface area contributed by atoms with Crippen molar-refractivity contribution in [1.29, 1.82) is 0 Å². The van der Waals surface area contributed by atoms with E-state index in [2.05, 4.69) is 34.3 Å². The van der Waals surface area contributed by atoms with E-state index in [0.717, 1.165) is 48.9 Å². The summed E-state index contributed by atoms with van der Waals surface area (Å²) < 4.78 is 1.92. The molecule has 0 amide bonds. The van der Waals surface area contributed by atoms with Crippen LogP contribution in [0.3, 0.4) is 0 Å². The van der Waals surface area contributed by atoms with E-state index in [1.165, 1.54) is 0 Å². The quantitative estimate of drug-likeness (QED) is 0.885. The number of likely N-dealkylation sites (N-methyl/N-ethyl adjacent to an activating group) is 3. The Morgan fingerprint density at radius 2 is 2.05 bits per heavy atom. The maximum atomic E-state index is 6.38. The summed E-state index contributed by atoms with van der Waals surface area (Å²) in [6, 6.07) is 1.01. The number of halogens is 1. The molecule has 5 nitrogen and oxygen atoms in total. The fourth-order valence-electron chi connectivity index (χ4n) is 3.12. The predicted octanol–water partition coefficient (Wildman–Crippen LogP) is 1.15. The van der Waals surface area contributed by atoms with Crippen LogP contribution < -0.4 is 5.32 Å². The van der Waals surface area contributed by atoms with Crippen molar-refractivity contribution in [1.82, 2.24) is 24.9 Å². The van der Waals surface area contributed by atoms with E-state index < -0.39 is 0 Å². The highest BCUT2D eigenvalue weighted by Crippen LogP contribution is 2.22. The molecule has 1 saturated heterocycles. The number of nitrogens with zero attached hydrogens (tertiary/aromatic N) is 4. The predicted molar refractivity (Wildman–Crippen MR) is 88.0 cm³/mol. The van der Waals surface area contributed by atoms with Gasteiger partial charge in [-0.25, -0.2) is 0 Å². The summed E-state index contributed by atoms with van der Waals surface area (Å²) in [5.41, 5.74) is 2.04. The minimum absolute atomic E-state index is 0.413. The Morgan fingerprint density at radius 3 is 2.62 bits per heavy atom. The van der Waals surface area contributed by atoms with Gasteiger partial charge >= 0.3 is 0 Å². The van der Waals surface area contributed by atoms with Crippen LogP contribution >= 0.6 is 11.6 Å². The highest BCUT2D eigenvalue weighted by Gasteiger charge is 2.26. The van der Waals surface area contributed by atoms with Crippen molar-refractivity contribution in [3.63, 3.8) is 0 Å². The Hall–Kier alpha value is -0.620. The highest BCUT2D eigenvalue weighted by molar-refractivity contribution is 6.31. The number of nitrogens with one attached hydrogen (secondary N) is 1. The number of rotatable bonds is 5. The highest BCUT2D eigenvalue weighted by atomic mass is 35.5. The molecule has 0 radical (unpaired) electrons. The fourth-order valence-corrected chi connectivity index (χ4v) is 3.36. The zero-order valence-electron chi connectivity index (χ0n) is 13.9. The first-order valence-electron chi connectivity index (χ1n) is 7.66. The average Bonchev–Trinajstić information content (AvgIpc) is 2.68. The molecule has 1 aliphatic heterocycles. The van der Waals surface area contributed by atoms with E-state index in [4.69, 9.17) is 11.6 Å². The molecule has 2 atom stereocenters. The Labute approximate surface area is 133 Å². The van der Waals surface area contributed by atoms with Gasteiger partial charge in [-0.3, -0.25) is 4.68 Å². The molecule has 1 N–H and O–H groups in total. The maximum absolute atomic E-state index is 6.38. The van der Waals surface area contributed by atoms with Crippen molar-refractivity contribution in [3.05, 3.63) is 16.4 Å². The van der Waals surface area contributed by atoms with Crippen LogP contribution in [0.4, 0.5) is 0 Å². The second-order valence-corrected chi connectivity index (χ2v) is 6.67. The Kier molecular flexibility index (Phi) is 5.66. The lowest BCUT2D eigenvalue weighted by Gasteiger charge is -2.39. The van der Waals surface area contributed by atoms with Gasteiger partial charge in [-0.05, 0) is 34.5 Å². The smallest absolute Gasteiger partial charge is 0.0847 e. The largest absolute Gasteiger partial charge is 0.317 e. The summed E-state index contributed by atoms with van der Waals surface area (Å²) in [6.45, 7) is 5.39. The van der Waals surface area contributed by atoms with E-state index >= 15 is 0 Å². The van der Waals surface area contributed by atoms with Crippen LogP contribution in [0.1, 0.15) is 17.8 Å². The zero-order chi connectivity index (χ0) is 15.6. The molecular weight excluding hydrogens is 286 g/mol. The molecule has 0 aromatic carbocycles. The van der Waals surface area contributed by atoms with Crippen molar-refractivity contribution < 1.29 is 0 Å². The molecular formula is C15H28ClN5. The molecule has 2 rings (SSSR count). The summed E-state index contributed by atoms with van der Waals surface area (Å²) in [4.78, 5) is 4.89. The van der Waals surface area contributed by atoms with Crippen LogP contribution in [-0.4, -0.2) is 72.4 Å². The van der Waals surface area contributed by atoms with Gasteiger partial charge in [-0.2, -0.15) is 5.10 Å². The van der Waals surface area contributed by atoms with Crippen LogP contribution in [0.15, 0.2) is 0 Å². The first-order valence-corrected chi connectivity index (χ1v) is 8.04. The standard InChI is InChI=1S/C15H28ClN5/c1-11-15(16)14(21(5)18-11)9-12(17-2)8-13-10-19(3)6-7-20(13)4/h12-13,17H,6-10H2,1-5H3. The van der Waals surface area contributed by atoms with Gasteiger partial charge in [0.25, 0.3) is 0 Å². The third-order valence-electron chi connectivity index (χ3n) is 4.65. The minimum atomic E-state index is 0.413. The van der Waals surface area contributed by atoms with Gasteiger partial charge in [-0.15, -0.1) is 0 Å². The summed E-state index contributed by atoms with van der Waals surface area (Å²) >= 11 is 6.38. The lowest BCUT2D eigenvalue weighted by molar-refractivity contribution is 0.101. The lowest BCUT2D eigenvalue weighted by atomic mass is 9.99. The van der Waals surface area contributed by atoms with Gasteiger partial charge < -0.3 is 15.1 Å². The summed E-state index contributed by atoms with van der Waals surface area (Å²) in [5, 5.41) is 8.67. The van der Waals surface area contributed by atoms with E-state index in [9.17, 15) is 0 Å². The second kappa shape index (κ2) is 7.09. The van der Waals surface area contributed by atoms with Crippen molar-refractivity contribution in [3.8, 4) is 0 Å². The molecule has 21 heavy (non-hydrogen) atoms. The summed E-state index contributed by atoms with van der Waals surface area (Å²) in [7, 11) is 8.44. The third kappa shape index (κ3) is 3.97. The molecule has 1 aromatic rings. The Morgan fingerprint density at radius 1 is 1.33 bits per heavy atom. The normalized spacial score (nSPS) is 22.7. The number of hydrogen-bond donors (Lipinski definition) is 1. The fraction of sp³-hybridized carbons (Fsp3) is 0.800. The molecule has 2 unspecified atom stereocenters. The van der Waals surface area contributed by atoms with Crippen molar-refractivity contribution in [2.75, 3.05) is 40.8 Å². The SMILES string of the molecule is CNC(Cc1c(Cl)c(C)nn1C)CC1CN(C)CCN1C. The molecule has 0 spiro atoms. The molecule has 1 fully saturated rings. The molecule has 120 valence electrons. The zero-order valence-corrected chi connectivity index (χ0v) is 14.6. The van der Waals surface area contributed by atoms with Crippen molar-refractivity contribution in [2.24, 2.45) is 7.05 Å². The maximum Gasteiger partial charge on any atom is 0.0847 e. The number of aromatic nitrogens is 2. The van der Waals surface area contributed by atoms with Crippen LogP contribution in [-0.2, 0) is 13.5 Å². The molecule has 6 heteroatoms. The van der Waals surface area contributed by atoms with Crippen LogP contribution in [0.2, 0.25) is 5.02 Å². The van der Waals surface area contributed by atoms with Crippen molar-refractivity contribution >= 4 is 11.6 Å². The Bertz CT molecular complexity index is 473. The van der Waals surface area contributed by atoms with Crippen molar-refractivity contribution in [2.45, 2.75) is 31.8 Å². The number of aryl methyl sites for hydroxylation is 2. The third-order valence-corrected chi connectivity index (χ3v) is 5.14. The first-order chi connectivity index (χ1) is 9.92. The van der Waals surface area contributed by atoms with Gasteiger partial charge in [0.05, 0.1) is 16.4 Å². The van der Waals surface area contributed by atoms with Gasteiger partial charge in [0.1, 0.15) is 0 Å². The lowest BCUT2D eigenvalue weighted by Crippen LogP contribution is -2.52. The van der Waals surface area contributed by atoms with Gasteiger partial charge in [0.15, 0.2) is 0 Å². The molecule has 0 saturated carbocycles. The topological polar surface area (TPSA) is 36.3 Å². The van der Waals surface area contributed by atoms with Crippen LogP contribution in [0, 0.1) is 6.92 Å². The Balaban J connectivity index is 2.02. The van der Waals surface area contributed by atoms with Crippen LogP contribution in [0.25, 0.3) is 0 Å². The van der Waals surface area contributed by atoms with Gasteiger partial charge in [0.2, 0.25) is 0 Å². The first kappa shape index (κ1) is 16.7. The molecule has 2 heterocycles. The molecule has 0 aliphatic carbocycles. The molecule has 1 aromatic heterocycles. The van der Waals surface area contributed by atoms with E-state index in [1.807, 2.05) is 25.7 Å². The number of piperazine rings is 1. The molecule has 1 aliphatic rings. The molecule has 0 bridgehead atoms. The summed E-state index contributed by atoms with van der Waals surface area (Å²) in [6.07, 6.45) is 2.04. The average molecular weight is 314 g/mol. The monoisotopic (exact) mass is 313 g/mol. The van der Waals surface area contributed by atoms with E-state index in [0.29, 0.717) is 12.1 Å². The van der Waals surface area contributed by atoms with Gasteiger partial charge in [-0.1, -0.05) is 11.6 Å². The second-order valence-electron chi connectivity index (χ2n) is 6.29. The van der Waals surface area contributed by atoms with Gasteiger partial charge in [0, 0.05) is 45.2 Å². The van der Waals surface area contributed by atoms with E-state index in [-0.39, 0.29) is 0 Å². The van der Waals surface area contributed by atoms with E-state index in [1.54, 1.807) is 0 Å². The van der Waals surface area contributed by atoms with Crippen LogP contribution in [0.5, 0.6) is 0 Å². The number of hydrogen-bond acceptors (Lipinski definition) is 4. The minimum Gasteiger partial charge on any atom is -0.317 e. The summed E-state index contributed by atoms with van der Waals surface area (Å²) in [5.74, 6) is 0.